The summed E-state index contributed by atoms with van der Waals surface area (Å²) in [6, 6.07) is -1.04. The number of aromatic hydroxyl groups is 1. The number of carboxylic acid groups (broad SMARTS) is 2. The highest BCUT2D eigenvalue weighted by atomic mass is 32.2. The van der Waals surface area contributed by atoms with Crippen LogP contribution < -0.4 is 58.6 Å². The van der Waals surface area contributed by atoms with Gasteiger partial charge in [-0.2, -0.15) is 0 Å². The number of unbranched alkanes of at least 4 members (excludes halogenated alkanes) is 5. The summed E-state index contributed by atoms with van der Waals surface area (Å²) in [7, 11) is 0. The van der Waals surface area contributed by atoms with Gasteiger partial charge < -0.3 is 93.3 Å². The highest BCUT2D eigenvalue weighted by molar-refractivity contribution is 8.01. The molecule has 0 bridgehead atoms. The van der Waals surface area contributed by atoms with E-state index in [4.69, 9.17) is 0 Å². The van der Waals surface area contributed by atoms with Gasteiger partial charge in [-0.25, -0.2) is 14.9 Å². The largest absolute Gasteiger partial charge is 0.504 e. The molecule has 0 aromatic heterocycles. The molecule has 0 saturated carbocycles. The number of rotatable bonds is 44. The van der Waals surface area contributed by atoms with E-state index >= 15 is 0 Å². The fourth-order valence-electron chi connectivity index (χ4n) is 13.6. The summed E-state index contributed by atoms with van der Waals surface area (Å²) in [5, 5.41) is 106. The first-order chi connectivity index (χ1) is 52.3. The number of nitrogens with one attached hydrogen (secondary N) is 10. The topological polar surface area (TPSA) is 570 Å². The standard InChI is InChI=1S/C71H98N14O24S/c1-38(89)57(66(103)79-46(36-87)63(100)77-43-21-16-30-83(109)67(43)104)80-54(94)34-73-60(97)41(19-14-28-72-27-12-7-5-4-6-11-24-50(90)56(39-17-9-8-10-18-39)65(102)81-58-68(105)85-59(70(106)107)71(2,3)110-69(58)85)75-61(98)42(20-15-29-82(108)37-88)76-62(99)45(35-86)78-64(101)48-23-13-22-47-44(74-53(93)25-26-55(95)96)31-40-32-51(91)52(92)33-49(40)84(47)48/h8-10,17-18,31-33,37-38,41-43,45-46,48,56-59,69,72,86-87,89,91,108-109H,4-7,11-16,19-30,34-36H2,1-3H3,(H,73,97)(H,74,93)(H,75,98)(H,76,99)(H,77,100)(H,78,101)(H,79,103)(H,80,94)(H,81,102)(H,95,96)(H,106,107)/t38-,41+,42-,43?,45-,46+,48+,56+,57-,58-,59+,69-/m1/s1. The van der Waals surface area contributed by atoms with Crippen LogP contribution in [0.1, 0.15) is 153 Å². The molecule has 6 aliphatic rings. The summed E-state index contributed by atoms with van der Waals surface area (Å²) < 4.78 is 0.597. The van der Waals surface area contributed by atoms with Crippen molar-refractivity contribution in [1.29, 1.82) is 0 Å². The zero-order valence-corrected chi connectivity index (χ0v) is 61.9. The van der Waals surface area contributed by atoms with Crippen molar-refractivity contribution in [3.8, 4) is 17.0 Å². The number of piperidine rings is 1. The first kappa shape index (κ1) is 87.0. The molecular formula is C71H98N14O24S. The predicted octanol–water partition coefficient (Wildman–Crippen LogP) is -2.55. The lowest BCUT2D eigenvalue weighted by atomic mass is 9.89. The fraction of sp³-hybridized carbons (Fsp3) is 0.577. The van der Waals surface area contributed by atoms with Crippen LogP contribution in [0.15, 0.2) is 53.3 Å². The van der Waals surface area contributed by atoms with E-state index in [1.807, 2.05) is 0 Å². The Morgan fingerprint density at radius 3 is 1.99 bits per heavy atom. The number of amides is 12. The third kappa shape index (κ3) is 23.4. The lowest BCUT2D eigenvalue weighted by Crippen LogP contribution is -2.71. The van der Waals surface area contributed by atoms with E-state index in [0.717, 1.165) is 38.3 Å². The Kier molecular flexibility index (Phi) is 32.5. The summed E-state index contributed by atoms with van der Waals surface area (Å²) in [5.74, 6) is -14.8. The predicted molar refractivity (Wildman–Crippen MR) is 388 cm³/mol. The number of aliphatic hydroxyl groups is 3. The maximum atomic E-state index is 14.5. The van der Waals surface area contributed by atoms with Gasteiger partial charge in [-0.05, 0) is 122 Å². The van der Waals surface area contributed by atoms with Crippen LogP contribution in [-0.4, -0.2) is 260 Å². The number of β-lactam (4-membered cyclic amide) rings is 1. The first-order valence-corrected chi connectivity index (χ1v) is 37.3. The lowest BCUT2D eigenvalue weighted by molar-refractivity contribution is -0.173. The number of carbonyl (C=O) groups excluding carboxylic acids is 13. The maximum absolute atomic E-state index is 14.5. The van der Waals surface area contributed by atoms with Gasteiger partial charge in [0.1, 0.15) is 71.5 Å². The molecule has 0 spiro atoms. The number of aliphatic hydroxyl groups excluding tert-OH is 3. The number of carboxylic acids is 2. The van der Waals surface area contributed by atoms with Crippen LogP contribution in [0.25, 0.3) is 11.3 Å². The third-order valence-corrected chi connectivity index (χ3v) is 20.9. The van der Waals surface area contributed by atoms with Gasteiger partial charge in [0.15, 0.2) is 5.75 Å². The molecule has 12 atom stereocenters. The van der Waals surface area contributed by atoms with Crippen molar-refractivity contribution in [2.45, 2.75) is 213 Å². The Hall–Kier alpha value is -10.2. The number of thioether (sulfide) groups is 1. The number of anilines is 1. The quantitative estimate of drug-likeness (QED) is 0.00692. The van der Waals surface area contributed by atoms with Crippen LogP contribution in [0.2, 0.25) is 0 Å². The smallest absolute Gasteiger partial charge is 0.327 e. The SMILES string of the molecule is C[C@@H](O)[C@@H](NC(=O)CNC(=O)[C@H](CCCNCCCCCCCCC(=O)[C@@H](C(=O)N[C@@H]1C(=O)N2[C@@H]1SC(C)(C)[C@@H]2C(=O)O)c1ccccc1)NC(=O)[C@@H](CCCN(O)C=O)NC(=O)[C@@H](CO)NC(=O)[C@@H]1CCCc2c(NC(=O)CCC(=O)O)cc3cc(O)c(=O)cc-3n21)C(=O)N[C@@H](CO)C(=O)NC1CCCN(O)C1=O. The molecule has 1 aromatic rings. The van der Waals surface area contributed by atoms with Gasteiger partial charge in [0.05, 0.1) is 43.7 Å². The van der Waals surface area contributed by atoms with E-state index in [0.29, 0.717) is 48.5 Å². The molecule has 0 radical (unpaired) electrons. The van der Waals surface area contributed by atoms with E-state index in [9.17, 15) is 118 Å². The summed E-state index contributed by atoms with van der Waals surface area (Å²) in [6.45, 7) is 1.89. The molecule has 5 aliphatic heterocycles. The van der Waals surface area contributed by atoms with E-state index in [1.165, 1.54) is 27.3 Å². The molecule has 12 amide bonds. The number of nitrogens with zero attached hydrogens (tertiary/aromatic N) is 4. The monoisotopic (exact) mass is 1560 g/mol. The minimum atomic E-state index is -1.82. The fourth-order valence-corrected chi connectivity index (χ4v) is 15.2. The van der Waals surface area contributed by atoms with Crippen molar-refractivity contribution >= 4 is 107 Å². The van der Waals surface area contributed by atoms with Crippen LogP contribution in [-0.2, 0) is 78.3 Å². The average Bonchev–Trinajstić information content (AvgIpc) is 1.53. The molecule has 3 saturated heterocycles. The van der Waals surface area contributed by atoms with Crippen LogP contribution in [0.5, 0.6) is 5.75 Å². The molecule has 18 N–H and O–H groups in total. The summed E-state index contributed by atoms with van der Waals surface area (Å²) >= 11 is 1.27. The molecule has 1 aromatic carbocycles. The van der Waals surface area contributed by atoms with Crippen molar-refractivity contribution in [3.05, 3.63) is 70.0 Å². The summed E-state index contributed by atoms with van der Waals surface area (Å²) in [6.07, 6.45) is 2.05. The Balaban J connectivity index is 0.979. The van der Waals surface area contributed by atoms with Gasteiger partial charge in [0.25, 0.3) is 5.91 Å². The van der Waals surface area contributed by atoms with Crippen molar-refractivity contribution in [1.82, 2.24) is 67.4 Å². The molecule has 5 heterocycles. The Bertz CT molecular complexity index is 3880. The van der Waals surface area contributed by atoms with E-state index < -0.39 is 197 Å². The van der Waals surface area contributed by atoms with E-state index in [-0.39, 0.29) is 112 Å². The normalized spacial score (nSPS) is 19.5. The molecule has 39 heteroatoms. The number of benzene rings is 2. The highest BCUT2D eigenvalue weighted by Gasteiger charge is 2.64. The van der Waals surface area contributed by atoms with Crippen LogP contribution in [0, 0.1) is 0 Å². The number of ketones is 1. The highest BCUT2D eigenvalue weighted by Crippen LogP contribution is 2.51. The third-order valence-electron chi connectivity index (χ3n) is 19.3. The number of hydrogen-bond acceptors (Lipinski definition) is 24. The van der Waals surface area contributed by atoms with E-state index in [2.05, 4.69) is 53.2 Å². The van der Waals surface area contributed by atoms with Gasteiger partial charge in [0.2, 0.25) is 70.9 Å². The van der Waals surface area contributed by atoms with Gasteiger partial charge in [0, 0.05) is 48.0 Å². The van der Waals surface area contributed by atoms with Gasteiger partial charge >= 0.3 is 11.9 Å². The van der Waals surface area contributed by atoms with Crippen molar-refractivity contribution in [2.24, 2.45) is 0 Å². The molecule has 38 nitrogen and oxygen atoms in total. The molecular weight excluding hydrogens is 1460 g/mol. The second kappa shape index (κ2) is 41.0. The van der Waals surface area contributed by atoms with Gasteiger partial charge in [-0.15, -0.1) is 11.8 Å². The van der Waals surface area contributed by atoms with Crippen LogP contribution in [0.4, 0.5) is 5.69 Å². The molecule has 3 fully saturated rings. The second-order valence-electron chi connectivity index (χ2n) is 28.0. The summed E-state index contributed by atoms with van der Waals surface area (Å²) in [5.41, 5.74) is 0.361. The van der Waals surface area contributed by atoms with Crippen molar-refractivity contribution < 1.29 is 113 Å². The number of Topliss-reactive ketones (excluding diaryl/α,β-unsaturated/α-hetero) is 1. The molecule has 7 rings (SSSR count). The minimum absolute atomic E-state index is 0.0109. The Labute approximate surface area is 635 Å². The average molecular weight is 1560 g/mol. The summed E-state index contributed by atoms with van der Waals surface area (Å²) in [4.78, 5) is 212. The molecule has 1 aliphatic carbocycles. The van der Waals surface area contributed by atoms with Gasteiger partial charge in [-0.3, -0.25) is 82.3 Å². The number of hydrogen-bond donors (Lipinski definition) is 18. The van der Waals surface area contributed by atoms with Crippen molar-refractivity contribution in [3.63, 3.8) is 0 Å². The first-order valence-electron chi connectivity index (χ1n) is 36.4. The zero-order valence-electron chi connectivity index (χ0n) is 61.1. The van der Waals surface area contributed by atoms with E-state index in [1.54, 1.807) is 44.2 Å². The number of phenols is 1. The van der Waals surface area contributed by atoms with Crippen LogP contribution in [0.3, 0.4) is 0 Å². The number of hydroxylamine groups is 4. The number of pyridine rings is 1. The number of carbonyl (C=O) groups is 15. The number of aliphatic carboxylic acids is 2. The minimum Gasteiger partial charge on any atom is -0.504 e. The molecule has 1 unspecified atom stereocenters. The second-order valence-corrected chi connectivity index (χ2v) is 29.7. The van der Waals surface area contributed by atoms with Gasteiger partial charge in [-0.1, -0.05) is 56.0 Å². The number of phenolic OH excluding ortho intramolecular Hbond substituents is 1. The zero-order chi connectivity index (χ0) is 80.7. The molecule has 110 heavy (non-hydrogen) atoms. The maximum Gasteiger partial charge on any atom is 0.327 e. The van der Waals surface area contributed by atoms with Crippen LogP contribution >= 0.6 is 11.8 Å². The Morgan fingerprint density at radius 2 is 1.33 bits per heavy atom. The number of fused-ring (bicyclic) bond motifs is 4. The van der Waals surface area contributed by atoms with Crippen molar-refractivity contribution in [2.75, 3.05) is 51.3 Å². The Morgan fingerprint density at radius 1 is 0.691 bits per heavy atom. The number of aromatic nitrogens is 1. The molecule has 602 valence electrons. The lowest BCUT2D eigenvalue weighted by Gasteiger charge is -2.43.